The highest BCUT2D eigenvalue weighted by Crippen LogP contribution is 2.31. The van der Waals surface area contributed by atoms with Gasteiger partial charge in [0.05, 0.1) is 23.8 Å². The van der Waals surface area contributed by atoms with Gasteiger partial charge in [0, 0.05) is 13.1 Å². The summed E-state index contributed by atoms with van der Waals surface area (Å²) in [7, 11) is -8.16. The molecular formula is C21H27FN2O5S2. The van der Waals surface area contributed by atoms with Crippen molar-refractivity contribution in [1.82, 2.24) is 4.31 Å². The highest BCUT2D eigenvalue weighted by atomic mass is 32.2. The van der Waals surface area contributed by atoms with Crippen LogP contribution in [0, 0.1) is 40.4 Å². The molecule has 1 fully saturated rings. The largest absolute Gasteiger partial charge is 0.379 e. The average Bonchev–Trinajstić information content (AvgIpc) is 2.72. The molecule has 1 heterocycles. The summed E-state index contributed by atoms with van der Waals surface area (Å²) in [6.45, 7) is 9.80. The number of ether oxygens (including phenoxy) is 1. The van der Waals surface area contributed by atoms with Gasteiger partial charge in [0.15, 0.2) is 0 Å². The molecule has 0 radical (unpaired) electrons. The van der Waals surface area contributed by atoms with E-state index in [1.807, 2.05) is 20.8 Å². The van der Waals surface area contributed by atoms with Gasteiger partial charge in [-0.15, -0.1) is 0 Å². The van der Waals surface area contributed by atoms with Crippen LogP contribution in [0.4, 0.5) is 10.1 Å². The van der Waals surface area contributed by atoms with Crippen molar-refractivity contribution >= 4 is 25.7 Å². The Hall–Kier alpha value is -2.01. The third-order valence-electron chi connectivity index (χ3n) is 5.97. The molecule has 31 heavy (non-hydrogen) atoms. The van der Waals surface area contributed by atoms with Gasteiger partial charge in [-0.05, 0) is 80.6 Å². The summed E-state index contributed by atoms with van der Waals surface area (Å²) >= 11 is 0. The standard InChI is InChI=1S/C21H27FN2O5S2/c1-13-14(2)16(4)21(17(5)15(13)3)30(25,26)23-18-6-7-19(22)20(12-18)31(27,28)24-8-10-29-11-9-24/h6-7,12,23H,8-11H2,1-5H3. The molecule has 170 valence electrons. The van der Waals surface area contributed by atoms with Gasteiger partial charge in [-0.1, -0.05) is 0 Å². The normalized spacial score (nSPS) is 15.8. The van der Waals surface area contributed by atoms with Gasteiger partial charge in [0.25, 0.3) is 10.0 Å². The molecule has 2 aromatic rings. The number of anilines is 1. The van der Waals surface area contributed by atoms with Crippen LogP contribution in [0.3, 0.4) is 0 Å². The van der Waals surface area contributed by atoms with Crippen LogP contribution in [0.15, 0.2) is 28.0 Å². The van der Waals surface area contributed by atoms with E-state index in [4.69, 9.17) is 4.74 Å². The van der Waals surface area contributed by atoms with E-state index in [2.05, 4.69) is 4.72 Å². The summed E-state index contributed by atoms with van der Waals surface area (Å²) in [5.74, 6) is -0.941. The molecule has 0 saturated carbocycles. The van der Waals surface area contributed by atoms with Crippen molar-refractivity contribution in [2.75, 3.05) is 31.0 Å². The second-order valence-corrected chi connectivity index (χ2v) is 11.2. The van der Waals surface area contributed by atoms with Crippen LogP contribution < -0.4 is 4.72 Å². The first-order valence-corrected chi connectivity index (χ1v) is 12.8. The Morgan fingerprint density at radius 1 is 0.871 bits per heavy atom. The molecule has 0 atom stereocenters. The lowest BCUT2D eigenvalue weighted by Gasteiger charge is -2.26. The van der Waals surface area contributed by atoms with E-state index in [1.165, 1.54) is 6.07 Å². The van der Waals surface area contributed by atoms with Crippen LogP contribution in [0.1, 0.15) is 27.8 Å². The quantitative estimate of drug-likeness (QED) is 0.725. The highest BCUT2D eigenvalue weighted by Gasteiger charge is 2.30. The number of nitrogens with one attached hydrogen (secondary N) is 1. The maximum absolute atomic E-state index is 14.4. The zero-order valence-electron chi connectivity index (χ0n) is 18.2. The highest BCUT2D eigenvalue weighted by molar-refractivity contribution is 7.92. The van der Waals surface area contributed by atoms with Crippen molar-refractivity contribution < 1.29 is 26.0 Å². The zero-order chi connectivity index (χ0) is 23.1. The monoisotopic (exact) mass is 470 g/mol. The van der Waals surface area contributed by atoms with E-state index in [0.717, 1.165) is 33.1 Å². The summed E-state index contributed by atoms with van der Waals surface area (Å²) < 4.78 is 75.4. The molecule has 1 saturated heterocycles. The van der Waals surface area contributed by atoms with Crippen LogP contribution in [0.25, 0.3) is 0 Å². The molecule has 7 nitrogen and oxygen atoms in total. The average molecular weight is 471 g/mol. The van der Waals surface area contributed by atoms with Gasteiger partial charge >= 0.3 is 0 Å². The molecular weight excluding hydrogens is 443 g/mol. The first-order chi connectivity index (χ1) is 14.4. The van der Waals surface area contributed by atoms with Gasteiger partial charge in [-0.25, -0.2) is 21.2 Å². The van der Waals surface area contributed by atoms with E-state index < -0.39 is 30.8 Å². The predicted octanol–water partition coefficient (Wildman–Crippen LogP) is 3.19. The van der Waals surface area contributed by atoms with Gasteiger partial charge in [0.1, 0.15) is 10.7 Å². The van der Waals surface area contributed by atoms with Crippen LogP contribution in [0.2, 0.25) is 0 Å². The summed E-state index contributed by atoms with van der Waals surface area (Å²) in [5, 5.41) is 0. The fourth-order valence-electron chi connectivity index (χ4n) is 3.77. The minimum atomic E-state index is -4.13. The lowest BCUT2D eigenvalue weighted by atomic mass is 9.95. The van der Waals surface area contributed by atoms with E-state index in [0.29, 0.717) is 11.1 Å². The number of morpholine rings is 1. The van der Waals surface area contributed by atoms with E-state index in [1.54, 1.807) is 13.8 Å². The van der Waals surface area contributed by atoms with Gasteiger partial charge in [-0.3, -0.25) is 4.72 Å². The SMILES string of the molecule is Cc1c(C)c(C)c(S(=O)(=O)Nc2ccc(F)c(S(=O)(=O)N3CCOCC3)c2)c(C)c1C. The Bertz CT molecular complexity index is 1210. The summed E-state index contributed by atoms with van der Waals surface area (Å²) in [6, 6.07) is 3.19. The van der Waals surface area contributed by atoms with Crippen molar-refractivity contribution in [1.29, 1.82) is 0 Å². The zero-order valence-corrected chi connectivity index (χ0v) is 19.9. The van der Waals surface area contributed by atoms with Crippen molar-refractivity contribution in [2.45, 2.75) is 44.4 Å². The van der Waals surface area contributed by atoms with Crippen molar-refractivity contribution in [3.05, 3.63) is 51.8 Å². The molecule has 1 N–H and O–H groups in total. The fraction of sp³-hybridized carbons (Fsp3) is 0.429. The smallest absolute Gasteiger partial charge is 0.262 e. The molecule has 1 aliphatic heterocycles. The number of rotatable bonds is 5. The lowest BCUT2D eigenvalue weighted by Crippen LogP contribution is -2.40. The Morgan fingerprint density at radius 2 is 1.39 bits per heavy atom. The number of benzene rings is 2. The first-order valence-electron chi connectivity index (χ1n) is 9.85. The summed E-state index contributed by atoms with van der Waals surface area (Å²) in [5.41, 5.74) is 3.99. The van der Waals surface area contributed by atoms with Crippen molar-refractivity contribution in [3.8, 4) is 0 Å². The number of sulfonamides is 2. The topological polar surface area (TPSA) is 92.8 Å². The number of halogens is 1. The number of hydrogen-bond acceptors (Lipinski definition) is 5. The van der Waals surface area contributed by atoms with Crippen LogP contribution >= 0.6 is 0 Å². The Balaban J connectivity index is 2.04. The number of hydrogen-bond donors (Lipinski definition) is 1. The van der Waals surface area contributed by atoms with E-state index >= 15 is 0 Å². The maximum Gasteiger partial charge on any atom is 0.262 e. The van der Waals surface area contributed by atoms with Crippen LogP contribution in [0.5, 0.6) is 0 Å². The summed E-state index contributed by atoms with van der Waals surface area (Å²) in [4.78, 5) is -0.422. The second kappa shape index (κ2) is 8.50. The van der Waals surface area contributed by atoms with Crippen LogP contribution in [-0.4, -0.2) is 47.4 Å². The van der Waals surface area contributed by atoms with Crippen molar-refractivity contribution in [3.63, 3.8) is 0 Å². The van der Waals surface area contributed by atoms with Gasteiger partial charge in [-0.2, -0.15) is 4.31 Å². The Labute approximate surface area is 183 Å². The minimum Gasteiger partial charge on any atom is -0.379 e. The maximum atomic E-state index is 14.4. The number of nitrogens with zero attached hydrogens (tertiary/aromatic N) is 1. The van der Waals surface area contributed by atoms with Crippen molar-refractivity contribution in [2.24, 2.45) is 0 Å². The summed E-state index contributed by atoms with van der Waals surface area (Å²) in [6.07, 6.45) is 0. The van der Waals surface area contributed by atoms with Crippen LogP contribution in [-0.2, 0) is 24.8 Å². The minimum absolute atomic E-state index is 0.0251. The molecule has 10 heteroatoms. The predicted molar refractivity (Wildman–Crippen MR) is 117 cm³/mol. The van der Waals surface area contributed by atoms with Gasteiger partial charge in [0.2, 0.25) is 10.0 Å². The van der Waals surface area contributed by atoms with E-state index in [-0.39, 0.29) is 36.9 Å². The lowest BCUT2D eigenvalue weighted by molar-refractivity contribution is 0.0729. The molecule has 0 aromatic heterocycles. The third-order valence-corrected chi connectivity index (χ3v) is 9.54. The van der Waals surface area contributed by atoms with Gasteiger partial charge < -0.3 is 4.74 Å². The van der Waals surface area contributed by atoms with E-state index in [9.17, 15) is 21.2 Å². The molecule has 3 rings (SSSR count). The molecule has 0 spiro atoms. The fourth-order valence-corrected chi connectivity index (χ4v) is 6.92. The Morgan fingerprint density at radius 3 is 1.94 bits per heavy atom. The molecule has 1 aliphatic rings. The third kappa shape index (κ3) is 4.34. The Kier molecular flexibility index (Phi) is 6.48. The molecule has 2 aromatic carbocycles. The molecule has 0 aliphatic carbocycles. The first kappa shape index (κ1) is 23.6. The second-order valence-electron chi connectivity index (χ2n) is 7.72. The molecule has 0 unspecified atom stereocenters. The molecule has 0 amide bonds. The molecule has 0 bridgehead atoms.